The first-order chi connectivity index (χ1) is 13.2. The third-order valence-electron chi connectivity index (χ3n) is 5.76. The van der Waals surface area contributed by atoms with Crippen LogP contribution in [0, 0.1) is 17.3 Å². The van der Waals surface area contributed by atoms with E-state index in [1.54, 1.807) is 0 Å². The maximum Gasteiger partial charge on any atom is 0.0717 e. The van der Waals surface area contributed by atoms with E-state index < -0.39 is 0 Å². The quantitative estimate of drug-likeness (QED) is 0.479. The van der Waals surface area contributed by atoms with Crippen LogP contribution in [0.25, 0.3) is 0 Å². The average Bonchev–Trinajstić information content (AvgIpc) is 2.99. The zero-order chi connectivity index (χ0) is 19.0. The van der Waals surface area contributed by atoms with Gasteiger partial charge in [-0.25, -0.2) is 0 Å². The fraction of sp³-hybridized carbons (Fsp3) is 0.440. The van der Waals surface area contributed by atoms with Gasteiger partial charge in [-0.05, 0) is 42.2 Å². The third kappa shape index (κ3) is 5.79. The molecule has 0 spiro atoms. The molecule has 0 radical (unpaired) electrons. The van der Waals surface area contributed by atoms with E-state index in [0.29, 0.717) is 25.0 Å². The van der Waals surface area contributed by atoms with E-state index in [2.05, 4.69) is 68.1 Å². The van der Waals surface area contributed by atoms with Gasteiger partial charge < -0.3 is 9.47 Å². The lowest BCUT2D eigenvalue weighted by atomic mass is 9.86. The standard InChI is InChI=1S/C25H32O2/c1-3-10-24-16-25(15-21(24)2,19-26-17-22-11-6-4-7-12-22)20-27-18-23-13-8-5-9-14-23/h3-9,11-14,21,24H,1,10,15-20H2,2H3/t21-,24-/m0/s1. The molecule has 1 aliphatic carbocycles. The van der Waals surface area contributed by atoms with Gasteiger partial charge in [-0.2, -0.15) is 0 Å². The van der Waals surface area contributed by atoms with E-state index in [-0.39, 0.29) is 5.41 Å². The molecule has 0 heterocycles. The molecule has 0 N–H and O–H groups in total. The van der Waals surface area contributed by atoms with E-state index in [0.717, 1.165) is 32.5 Å². The van der Waals surface area contributed by atoms with E-state index in [9.17, 15) is 0 Å². The van der Waals surface area contributed by atoms with Crippen molar-refractivity contribution in [1.29, 1.82) is 0 Å². The molecular weight excluding hydrogens is 332 g/mol. The Morgan fingerprint density at radius 3 is 1.89 bits per heavy atom. The van der Waals surface area contributed by atoms with Crippen molar-refractivity contribution >= 4 is 0 Å². The van der Waals surface area contributed by atoms with Crippen LogP contribution in [-0.4, -0.2) is 13.2 Å². The van der Waals surface area contributed by atoms with Crippen LogP contribution < -0.4 is 0 Å². The van der Waals surface area contributed by atoms with E-state index in [1.165, 1.54) is 11.1 Å². The Kier molecular flexibility index (Phi) is 7.25. The lowest BCUT2D eigenvalue weighted by molar-refractivity contribution is -0.0327. The topological polar surface area (TPSA) is 18.5 Å². The Labute approximate surface area is 164 Å². The molecule has 27 heavy (non-hydrogen) atoms. The molecule has 0 aromatic heterocycles. The number of allylic oxidation sites excluding steroid dienone is 1. The fourth-order valence-electron chi connectivity index (χ4n) is 4.42. The number of benzene rings is 2. The van der Waals surface area contributed by atoms with Gasteiger partial charge in [0.2, 0.25) is 0 Å². The highest BCUT2D eigenvalue weighted by atomic mass is 16.5. The van der Waals surface area contributed by atoms with Gasteiger partial charge >= 0.3 is 0 Å². The van der Waals surface area contributed by atoms with Crippen LogP contribution in [0.15, 0.2) is 73.3 Å². The summed E-state index contributed by atoms with van der Waals surface area (Å²) in [5.41, 5.74) is 2.56. The smallest absolute Gasteiger partial charge is 0.0717 e. The molecule has 3 rings (SSSR count). The molecule has 0 unspecified atom stereocenters. The Hall–Kier alpha value is -1.90. The number of hydrogen-bond donors (Lipinski definition) is 0. The lowest BCUT2D eigenvalue weighted by Gasteiger charge is -2.29. The van der Waals surface area contributed by atoms with E-state index in [4.69, 9.17) is 9.47 Å². The minimum absolute atomic E-state index is 0.108. The van der Waals surface area contributed by atoms with Crippen LogP contribution in [0.1, 0.15) is 37.3 Å². The molecular formula is C25H32O2. The second-order valence-corrected chi connectivity index (χ2v) is 8.13. The molecule has 1 aliphatic rings. The lowest BCUT2D eigenvalue weighted by Crippen LogP contribution is -2.30. The van der Waals surface area contributed by atoms with Gasteiger partial charge in [0.15, 0.2) is 0 Å². The Balaban J connectivity index is 1.59. The van der Waals surface area contributed by atoms with Crippen molar-refractivity contribution in [1.82, 2.24) is 0 Å². The molecule has 2 atom stereocenters. The monoisotopic (exact) mass is 364 g/mol. The summed E-state index contributed by atoms with van der Waals surface area (Å²) < 4.78 is 12.4. The first kappa shape index (κ1) is 19.9. The molecule has 1 fully saturated rings. The first-order valence-electron chi connectivity index (χ1n) is 10.0. The highest BCUT2D eigenvalue weighted by Gasteiger charge is 2.43. The number of hydrogen-bond acceptors (Lipinski definition) is 2. The predicted molar refractivity (Wildman–Crippen MR) is 111 cm³/mol. The highest BCUT2D eigenvalue weighted by Crippen LogP contribution is 2.47. The Morgan fingerprint density at radius 2 is 1.41 bits per heavy atom. The van der Waals surface area contributed by atoms with Crippen molar-refractivity contribution in [3.8, 4) is 0 Å². The van der Waals surface area contributed by atoms with Crippen molar-refractivity contribution in [3.05, 3.63) is 84.4 Å². The van der Waals surface area contributed by atoms with Crippen LogP contribution in [0.5, 0.6) is 0 Å². The SMILES string of the molecule is C=CC[C@H]1CC(COCc2ccccc2)(COCc2ccccc2)C[C@@H]1C. The maximum atomic E-state index is 6.18. The first-order valence-corrected chi connectivity index (χ1v) is 10.0. The minimum Gasteiger partial charge on any atom is -0.376 e. The minimum atomic E-state index is 0.108. The van der Waals surface area contributed by atoms with Crippen LogP contribution in [0.2, 0.25) is 0 Å². The van der Waals surface area contributed by atoms with Gasteiger partial charge in [-0.15, -0.1) is 6.58 Å². The number of ether oxygens (including phenoxy) is 2. The summed E-state index contributed by atoms with van der Waals surface area (Å²) in [6.07, 6.45) is 5.46. The summed E-state index contributed by atoms with van der Waals surface area (Å²) in [5.74, 6) is 1.37. The van der Waals surface area contributed by atoms with Gasteiger partial charge in [-0.1, -0.05) is 73.7 Å². The van der Waals surface area contributed by atoms with Crippen molar-refractivity contribution in [2.75, 3.05) is 13.2 Å². The zero-order valence-corrected chi connectivity index (χ0v) is 16.5. The van der Waals surface area contributed by atoms with Crippen molar-refractivity contribution in [2.45, 2.75) is 39.4 Å². The van der Waals surface area contributed by atoms with Gasteiger partial charge in [0.25, 0.3) is 0 Å². The van der Waals surface area contributed by atoms with Crippen molar-refractivity contribution in [2.24, 2.45) is 17.3 Å². The molecule has 2 nitrogen and oxygen atoms in total. The maximum absolute atomic E-state index is 6.18. The molecule has 0 amide bonds. The molecule has 2 heteroatoms. The normalized spacial score (nSPS) is 21.2. The van der Waals surface area contributed by atoms with Crippen LogP contribution in [0.4, 0.5) is 0 Å². The highest BCUT2D eigenvalue weighted by molar-refractivity contribution is 5.14. The molecule has 0 bridgehead atoms. The largest absolute Gasteiger partial charge is 0.376 e. The third-order valence-corrected chi connectivity index (χ3v) is 5.76. The summed E-state index contributed by atoms with van der Waals surface area (Å²) in [5, 5.41) is 0. The predicted octanol–water partition coefficient (Wildman–Crippen LogP) is 6.03. The molecule has 0 aliphatic heterocycles. The van der Waals surface area contributed by atoms with Gasteiger partial charge in [0, 0.05) is 5.41 Å². The fourth-order valence-corrected chi connectivity index (χ4v) is 4.42. The zero-order valence-electron chi connectivity index (χ0n) is 16.5. The molecule has 2 aromatic rings. The summed E-state index contributed by atoms with van der Waals surface area (Å²) in [7, 11) is 0. The summed E-state index contributed by atoms with van der Waals surface area (Å²) >= 11 is 0. The number of rotatable bonds is 10. The van der Waals surface area contributed by atoms with Crippen molar-refractivity contribution < 1.29 is 9.47 Å². The van der Waals surface area contributed by atoms with Crippen molar-refractivity contribution in [3.63, 3.8) is 0 Å². The molecule has 0 saturated heterocycles. The molecule has 2 aromatic carbocycles. The summed E-state index contributed by atoms with van der Waals surface area (Å²) in [6.45, 7) is 9.17. The van der Waals surface area contributed by atoms with E-state index in [1.807, 2.05) is 12.1 Å². The van der Waals surface area contributed by atoms with Gasteiger partial charge in [0.05, 0.1) is 26.4 Å². The van der Waals surface area contributed by atoms with Gasteiger partial charge in [0.1, 0.15) is 0 Å². The summed E-state index contributed by atoms with van der Waals surface area (Å²) in [4.78, 5) is 0. The van der Waals surface area contributed by atoms with Crippen LogP contribution in [0.3, 0.4) is 0 Å². The molecule has 1 saturated carbocycles. The Morgan fingerprint density at radius 1 is 0.889 bits per heavy atom. The average molecular weight is 365 g/mol. The molecule has 144 valence electrons. The van der Waals surface area contributed by atoms with Crippen LogP contribution >= 0.6 is 0 Å². The van der Waals surface area contributed by atoms with Crippen LogP contribution in [-0.2, 0) is 22.7 Å². The second kappa shape index (κ2) is 9.87. The summed E-state index contributed by atoms with van der Waals surface area (Å²) in [6, 6.07) is 20.8. The van der Waals surface area contributed by atoms with Gasteiger partial charge in [-0.3, -0.25) is 0 Å². The van der Waals surface area contributed by atoms with E-state index >= 15 is 0 Å². The second-order valence-electron chi connectivity index (χ2n) is 8.13. The Bertz CT molecular complexity index is 634.